The summed E-state index contributed by atoms with van der Waals surface area (Å²) in [7, 11) is 1.69. The van der Waals surface area contributed by atoms with Gasteiger partial charge >= 0.3 is 0 Å². The minimum absolute atomic E-state index is 0.267. The van der Waals surface area contributed by atoms with Gasteiger partial charge in [0.15, 0.2) is 0 Å². The highest BCUT2D eigenvalue weighted by Crippen LogP contribution is 2.39. The van der Waals surface area contributed by atoms with Gasteiger partial charge in [-0.15, -0.1) is 11.3 Å². The van der Waals surface area contributed by atoms with E-state index in [1.165, 1.54) is 16.0 Å². The Morgan fingerprint density at radius 1 is 0.953 bits per heavy atom. The van der Waals surface area contributed by atoms with Crippen molar-refractivity contribution < 1.29 is 14.6 Å². The Kier molecular flexibility index (Phi) is 9.27. The molecule has 3 aromatic carbocycles. The molecule has 0 bridgehead atoms. The number of fused-ring (bicyclic) bond motifs is 2. The van der Waals surface area contributed by atoms with E-state index in [1.54, 1.807) is 18.4 Å². The van der Waals surface area contributed by atoms with Crippen molar-refractivity contribution in [2.75, 3.05) is 51.8 Å². The summed E-state index contributed by atoms with van der Waals surface area (Å²) in [4.78, 5) is 11.2. The Hall–Kier alpha value is -3.85. The second-order valence-electron chi connectivity index (χ2n) is 11.2. The van der Waals surface area contributed by atoms with Crippen LogP contribution in [0.15, 0.2) is 83.9 Å². The number of anilines is 2. The number of nitrogens with one attached hydrogen (secondary N) is 1. The fraction of sp³-hybridized carbons (Fsp3) is 0.343. The second-order valence-corrected chi connectivity index (χ2v) is 12.5. The average molecular weight is 597 g/mol. The van der Waals surface area contributed by atoms with Crippen LogP contribution < -0.4 is 14.8 Å². The lowest BCUT2D eigenvalue weighted by molar-refractivity contribution is 0.0695. The highest BCUT2D eigenvalue weighted by Gasteiger charge is 2.26. The largest absolute Gasteiger partial charge is 0.497 e. The van der Waals surface area contributed by atoms with Crippen LogP contribution in [0.4, 0.5) is 16.4 Å². The molecule has 0 amide bonds. The van der Waals surface area contributed by atoms with Crippen LogP contribution in [0.1, 0.15) is 28.0 Å². The maximum absolute atomic E-state index is 11.0. The zero-order valence-electron chi connectivity index (χ0n) is 25.0. The number of aliphatic hydroxyl groups is 1. The van der Waals surface area contributed by atoms with Crippen LogP contribution in [0.5, 0.6) is 11.5 Å². The highest BCUT2D eigenvalue weighted by atomic mass is 32.1. The van der Waals surface area contributed by atoms with Crippen LogP contribution in [0, 0.1) is 6.92 Å². The first-order valence-corrected chi connectivity index (χ1v) is 15.9. The quantitative estimate of drug-likeness (QED) is 0.232. The first kappa shape index (κ1) is 29.2. The first-order chi connectivity index (χ1) is 21.1. The highest BCUT2D eigenvalue weighted by molar-refractivity contribution is 7.16. The maximum atomic E-state index is 11.0. The van der Waals surface area contributed by atoms with E-state index in [0.717, 1.165) is 84.7 Å². The summed E-state index contributed by atoms with van der Waals surface area (Å²) in [5.41, 5.74) is 5.56. The molecule has 6 rings (SSSR count). The first-order valence-electron chi connectivity index (χ1n) is 15.1. The molecule has 1 fully saturated rings. The molecule has 7 nitrogen and oxygen atoms in total. The van der Waals surface area contributed by atoms with E-state index in [0.29, 0.717) is 6.54 Å². The third-order valence-electron chi connectivity index (χ3n) is 8.05. The van der Waals surface area contributed by atoms with Gasteiger partial charge in [-0.1, -0.05) is 42.5 Å². The lowest BCUT2D eigenvalue weighted by Gasteiger charge is -2.26. The Balaban J connectivity index is 1.05. The summed E-state index contributed by atoms with van der Waals surface area (Å²) in [6, 6.07) is 26.8. The zero-order chi connectivity index (χ0) is 29.6. The number of ether oxygens (including phenoxy) is 2. The number of aryl methyl sites for hydroxylation is 3. The number of β-amino-alcohol motifs (C(OH)–C–C–N with tert-alkyl or cyclic N) is 1. The molecule has 0 spiro atoms. The Bertz CT molecular complexity index is 1570. The zero-order valence-corrected chi connectivity index (χ0v) is 25.8. The number of para-hydroxylation sites is 3. The summed E-state index contributed by atoms with van der Waals surface area (Å²) in [5.74, 6) is 2.75. The van der Waals surface area contributed by atoms with Crippen LogP contribution in [0.2, 0.25) is 0 Å². The van der Waals surface area contributed by atoms with Crippen molar-refractivity contribution in [3.05, 3.63) is 100 Å². The average Bonchev–Trinajstić information content (AvgIpc) is 3.16. The number of aliphatic imine (C=N–C) groups is 1. The minimum atomic E-state index is -0.574. The molecular formula is C35H40N4O3S. The number of methoxy groups -OCH3 is 1. The predicted octanol–water partition coefficient (Wildman–Crippen LogP) is 6.43. The van der Waals surface area contributed by atoms with Crippen molar-refractivity contribution in [3.8, 4) is 11.5 Å². The number of benzene rings is 3. The van der Waals surface area contributed by atoms with Gasteiger partial charge in [0.2, 0.25) is 0 Å². The molecule has 1 unspecified atom stereocenters. The Morgan fingerprint density at radius 3 is 2.72 bits per heavy atom. The number of hydrogen-bond donors (Lipinski definition) is 2. The summed E-state index contributed by atoms with van der Waals surface area (Å²) < 4.78 is 11.5. The smallest absolute Gasteiger partial charge is 0.139 e. The third kappa shape index (κ3) is 7.21. The van der Waals surface area contributed by atoms with E-state index >= 15 is 0 Å². The van der Waals surface area contributed by atoms with Gasteiger partial charge < -0.3 is 24.8 Å². The van der Waals surface area contributed by atoms with Crippen LogP contribution >= 0.6 is 11.3 Å². The van der Waals surface area contributed by atoms with Crippen molar-refractivity contribution in [1.29, 1.82) is 0 Å². The monoisotopic (exact) mass is 596 g/mol. The fourth-order valence-electron chi connectivity index (χ4n) is 5.85. The molecule has 8 heteroatoms. The molecule has 224 valence electrons. The van der Waals surface area contributed by atoms with Gasteiger partial charge in [0, 0.05) is 31.1 Å². The predicted molar refractivity (Wildman–Crippen MR) is 176 cm³/mol. The molecule has 0 radical (unpaired) electrons. The number of rotatable bonds is 9. The molecule has 43 heavy (non-hydrogen) atoms. The molecule has 4 aromatic rings. The number of amidine groups is 1. The number of nitrogens with zero attached hydrogens (tertiary/aromatic N) is 3. The van der Waals surface area contributed by atoms with E-state index in [4.69, 9.17) is 14.5 Å². The Labute approximate surface area is 258 Å². The van der Waals surface area contributed by atoms with Crippen LogP contribution in [0.3, 0.4) is 0 Å². The Morgan fingerprint density at radius 2 is 1.81 bits per heavy atom. The topological polar surface area (TPSA) is 69.6 Å². The van der Waals surface area contributed by atoms with Gasteiger partial charge in [0.05, 0.1) is 24.0 Å². The van der Waals surface area contributed by atoms with Crippen LogP contribution in [0.25, 0.3) is 0 Å². The molecule has 1 aromatic heterocycles. The number of aliphatic hydroxyl groups excluding tert-OH is 1. The normalized spacial score (nSPS) is 15.8. The third-order valence-corrected chi connectivity index (χ3v) is 9.02. The van der Waals surface area contributed by atoms with Gasteiger partial charge in [0.1, 0.15) is 35.0 Å². The molecule has 2 N–H and O–H groups in total. The molecule has 3 heterocycles. The van der Waals surface area contributed by atoms with Gasteiger partial charge in [0.25, 0.3) is 0 Å². The summed E-state index contributed by atoms with van der Waals surface area (Å²) in [5, 5.41) is 15.7. The second kappa shape index (κ2) is 13.6. The minimum Gasteiger partial charge on any atom is -0.497 e. The van der Waals surface area contributed by atoms with E-state index in [9.17, 15) is 5.11 Å². The van der Waals surface area contributed by atoms with Crippen molar-refractivity contribution in [2.24, 2.45) is 4.99 Å². The molecule has 0 aliphatic carbocycles. The van der Waals surface area contributed by atoms with Crippen molar-refractivity contribution in [2.45, 2.75) is 32.3 Å². The van der Waals surface area contributed by atoms with Gasteiger partial charge in [-0.3, -0.25) is 4.90 Å². The lowest BCUT2D eigenvalue weighted by atomic mass is 10.0. The van der Waals surface area contributed by atoms with E-state index in [2.05, 4.69) is 58.4 Å². The van der Waals surface area contributed by atoms with E-state index in [1.807, 2.05) is 42.5 Å². The summed E-state index contributed by atoms with van der Waals surface area (Å²) in [6.45, 7) is 6.58. The fourth-order valence-corrected chi connectivity index (χ4v) is 6.77. The lowest BCUT2D eigenvalue weighted by Crippen LogP contribution is -2.39. The van der Waals surface area contributed by atoms with Gasteiger partial charge in [-0.2, -0.15) is 0 Å². The standard InChI is InChI=1S/C35H40N4O3S/c1-25-21-30-34(36-31-12-4-5-13-32(31)37-35(30)43-25)39-18-8-17-38(19-20-39)23-28(40)24-42-33-14-6-3-10-27(33)16-15-26-9-7-11-29(22-26)41-2/h3-7,9-14,21-22,28,37,40H,8,15-20,23-24H2,1-2H3. The van der Waals surface area contributed by atoms with E-state index < -0.39 is 6.10 Å². The molecule has 2 aliphatic heterocycles. The summed E-state index contributed by atoms with van der Waals surface area (Å²) >= 11 is 1.78. The maximum Gasteiger partial charge on any atom is 0.139 e. The number of hydrogen-bond acceptors (Lipinski definition) is 8. The van der Waals surface area contributed by atoms with Gasteiger partial charge in [-0.25, -0.2) is 4.99 Å². The molecule has 0 saturated carbocycles. The molecule has 1 atom stereocenters. The molecule has 2 aliphatic rings. The van der Waals surface area contributed by atoms with Crippen molar-refractivity contribution in [1.82, 2.24) is 9.80 Å². The van der Waals surface area contributed by atoms with Crippen LogP contribution in [-0.2, 0) is 12.8 Å². The molecular weight excluding hydrogens is 556 g/mol. The van der Waals surface area contributed by atoms with E-state index in [-0.39, 0.29) is 6.61 Å². The molecule has 1 saturated heterocycles. The SMILES string of the molecule is COc1cccc(CCc2ccccc2OCC(O)CN2CCCN(C3=Nc4ccccc4Nc4sc(C)cc43)CC2)c1. The van der Waals surface area contributed by atoms with Gasteiger partial charge in [-0.05, 0) is 80.3 Å². The van der Waals surface area contributed by atoms with Crippen molar-refractivity contribution in [3.63, 3.8) is 0 Å². The number of thiophene rings is 1. The van der Waals surface area contributed by atoms with Crippen molar-refractivity contribution >= 4 is 33.5 Å². The summed E-state index contributed by atoms with van der Waals surface area (Å²) in [6.07, 6.45) is 2.18. The van der Waals surface area contributed by atoms with Crippen LogP contribution in [-0.4, -0.2) is 73.3 Å².